The number of hydrogen-bond donors (Lipinski definition) is 1. The summed E-state index contributed by atoms with van der Waals surface area (Å²) in [4.78, 5) is 0. The Morgan fingerprint density at radius 2 is 1.61 bits per heavy atom. The van der Waals surface area contributed by atoms with Crippen LogP contribution >= 0.6 is 0 Å². The summed E-state index contributed by atoms with van der Waals surface area (Å²) in [6, 6.07) is 13.2. The second-order valence-electron chi connectivity index (χ2n) is 4.67. The number of benzene rings is 2. The fourth-order valence-corrected chi connectivity index (χ4v) is 2.13. The van der Waals surface area contributed by atoms with Crippen LogP contribution in [0.3, 0.4) is 0 Å². The van der Waals surface area contributed by atoms with Gasteiger partial charge in [-0.15, -0.1) is 0 Å². The molecular formula is C16H17FO. The summed E-state index contributed by atoms with van der Waals surface area (Å²) in [6.45, 7) is 3.45. The topological polar surface area (TPSA) is 20.2 Å². The van der Waals surface area contributed by atoms with Crippen molar-refractivity contribution in [2.45, 2.75) is 26.4 Å². The summed E-state index contributed by atoms with van der Waals surface area (Å²) in [6.07, 6.45) is -0.0452. The van der Waals surface area contributed by atoms with Crippen molar-refractivity contribution in [1.82, 2.24) is 0 Å². The van der Waals surface area contributed by atoms with Crippen LogP contribution in [-0.4, -0.2) is 5.11 Å². The first kappa shape index (κ1) is 12.8. The Hall–Kier alpha value is -1.67. The summed E-state index contributed by atoms with van der Waals surface area (Å²) >= 11 is 0. The molecule has 0 aliphatic carbocycles. The van der Waals surface area contributed by atoms with E-state index < -0.39 is 6.10 Å². The summed E-state index contributed by atoms with van der Waals surface area (Å²) in [5.74, 6) is -0.189. The van der Waals surface area contributed by atoms with Crippen LogP contribution in [0.25, 0.3) is 0 Å². The van der Waals surface area contributed by atoms with Crippen molar-refractivity contribution in [3.63, 3.8) is 0 Å². The zero-order valence-corrected chi connectivity index (χ0v) is 10.7. The van der Waals surface area contributed by atoms with Gasteiger partial charge in [-0.2, -0.15) is 0 Å². The molecule has 0 fully saturated rings. The Morgan fingerprint density at radius 1 is 1.06 bits per heavy atom. The molecule has 0 radical (unpaired) electrons. The van der Waals surface area contributed by atoms with Crippen molar-refractivity contribution in [3.05, 3.63) is 70.5 Å². The van der Waals surface area contributed by atoms with Crippen molar-refractivity contribution >= 4 is 0 Å². The lowest BCUT2D eigenvalue weighted by Crippen LogP contribution is -2.04. The highest BCUT2D eigenvalue weighted by Crippen LogP contribution is 2.23. The van der Waals surface area contributed by atoms with E-state index in [1.165, 1.54) is 0 Å². The second-order valence-corrected chi connectivity index (χ2v) is 4.67. The zero-order valence-electron chi connectivity index (χ0n) is 10.7. The van der Waals surface area contributed by atoms with Crippen LogP contribution in [0.2, 0.25) is 0 Å². The van der Waals surface area contributed by atoms with Gasteiger partial charge in [-0.25, -0.2) is 4.39 Å². The molecule has 0 saturated heterocycles. The van der Waals surface area contributed by atoms with E-state index in [0.717, 1.165) is 11.1 Å². The average Bonchev–Trinajstić information content (AvgIpc) is 2.36. The van der Waals surface area contributed by atoms with Gasteiger partial charge in [0.15, 0.2) is 0 Å². The van der Waals surface area contributed by atoms with Crippen LogP contribution in [0.1, 0.15) is 28.4 Å². The molecule has 1 nitrogen and oxygen atoms in total. The van der Waals surface area contributed by atoms with Gasteiger partial charge in [-0.3, -0.25) is 0 Å². The molecule has 2 aromatic carbocycles. The van der Waals surface area contributed by atoms with E-state index in [4.69, 9.17) is 0 Å². The fourth-order valence-electron chi connectivity index (χ4n) is 2.13. The first-order valence-corrected chi connectivity index (χ1v) is 6.06. The minimum atomic E-state index is -0.592. The van der Waals surface area contributed by atoms with Gasteiger partial charge >= 0.3 is 0 Å². The Bertz CT molecular complexity index is 511. The third-order valence-electron chi connectivity index (χ3n) is 3.12. The molecule has 0 aromatic heterocycles. The van der Waals surface area contributed by atoms with Gasteiger partial charge in [0.1, 0.15) is 5.82 Å². The van der Waals surface area contributed by atoms with Gasteiger partial charge in [-0.05, 0) is 36.1 Å². The standard InChI is InChI=1S/C16H17FO/c1-11-8-14(9-12(2)16(11)17)15(18)10-13-6-4-3-5-7-13/h3-9,15,18H,10H2,1-2H3. The number of aryl methyl sites for hydroxylation is 2. The molecular weight excluding hydrogens is 227 g/mol. The number of halogens is 1. The molecule has 1 unspecified atom stereocenters. The normalized spacial score (nSPS) is 12.4. The molecule has 18 heavy (non-hydrogen) atoms. The zero-order chi connectivity index (χ0) is 13.1. The molecule has 94 valence electrons. The molecule has 0 heterocycles. The van der Waals surface area contributed by atoms with Crippen molar-refractivity contribution in [2.24, 2.45) is 0 Å². The molecule has 1 atom stereocenters. The van der Waals surface area contributed by atoms with E-state index in [1.807, 2.05) is 30.3 Å². The average molecular weight is 244 g/mol. The quantitative estimate of drug-likeness (QED) is 0.872. The Labute approximate surface area is 107 Å². The summed E-state index contributed by atoms with van der Waals surface area (Å²) < 4.78 is 13.5. The minimum Gasteiger partial charge on any atom is -0.388 e. The molecule has 0 bridgehead atoms. The van der Waals surface area contributed by atoms with Crippen LogP contribution in [0, 0.1) is 19.7 Å². The number of rotatable bonds is 3. The number of hydrogen-bond acceptors (Lipinski definition) is 1. The SMILES string of the molecule is Cc1cc(C(O)Cc2ccccc2)cc(C)c1F. The highest BCUT2D eigenvalue weighted by Gasteiger charge is 2.12. The highest BCUT2D eigenvalue weighted by molar-refractivity contribution is 5.32. The van der Waals surface area contributed by atoms with Gasteiger partial charge in [-0.1, -0.05) is 42.5 Å². The van der Waals surface area contributed by atoms with E-state index in [0.29, 0.717) is 17.5 Å². The maximum absolute atomic E-state index is 13.5. The molecule has 2 heteroatoms. The molecule has 0 aliphatic rings. The Kier molecular flexibility index (Phi) is 3.78. The third-order valence-corrected chi connectivity index (χ3v) is 3.12. The predicted molar refractivity (Wildman–Crippen MR) is 71.0 cm³/mol. The first-order valence-electron chi connectivity index (χ1n) is 6.06. The maximum Gasteiger partial charge on any atom is 0.129 e. The highest BCUT2D eigenvalue weighted by atomic mass is 19.1. The van der Waals surface area contributed by atoms with Gasteiger partial charge in [0.05, 0.1) is 6.10 Å². The van der Waals surface area contributed by atoms with E-state index in [9.17, 15) is 9.50 Å². The summed E-state index contributed by atoms with van der Waals surface area (Å²) in [5, 5.41) is 10.2. The van der Waals surface area contributed by atoms with Crippen molar-refractivity contribution in [3.8, 4) is 0 Å². The van der Waals surface area contributed by atoms with Gasteiger partial charge in [0.2, 0.25) is 0 Å². The smallest absolute Gasteiger partial charge is 0.129 e. The van der Waals surface area contributed by atoms with Crippen molar-refractivity contribution in [1.29, 1.82) is 0 Å². The van der Waals surface area contributed by atoms with E-state index in [2.05, 4.69) is 0 Å². The second kappa shape index (κ2) is 5.32. The van der Waals surface area contributed by atoms with Crippen LogP contribution in [-0.2, 0) is 6.42 Å². The molecule has 2 rings (SSSR count). The summed E-state index contributed by atoms with van der Waals surface area (Å²) in [5.41, 5.74) is 3.01. The van der Waals surface area contributed by atoms with Crippen LogP contribution in [0.4, 0.5) is 4.39 Å². The largest absolute Gasteiger partial charge is 0.388 e. The van der Waals surface area contributed by atoms with Gasteiger partial charge in [0, 0.05) is 6.42 Å². The van der Waals surface area contributed by atoms with E-state index in [1.54, 1.807) is 26.0 Å². The van der Waals surface area contributed by atoms with Gasteiger partial charge < -0.3 is 5.11 Å². The fraction of sp³-hybridized carbons (Fsp3) is 0.250. The predicted octanol–water partition coefficient (Wildman–Crippen LogP) is 3.72. The monoisotopic (exact) mass is 244 g/mol. The van der Waals surface area contributed by atoms with Gasteiger partial charge in [0.25, 0.3) is 0 Å². The Morgan fingerprint density at radius 3 is 2.17 bits per heavy atom. The van der Waals surface area contributed by atoms with E-state index >= 15 is 0 Å². The van der Waals surface area contributed by atoms with E-state index in [-0.39, 0.29) is 5.82 Å². The maximum atomic E-state index is 13.5. The Balaban J connectivity index is 2.22. The van der Waals surface area contributed by atoms with Crippen molar-refractivity contribution < 1.29 is 9.50 Å². The molecule has 0 aliphatic heterocycles. The van der Waals surface area contributed by atoms with Crippen molar-refractivity contribution in [2.75, 3.05) is 0 Å². The lowest BCUT2D eigenvalue weighted by atomic mass is 9.98. The molecule has 0 saturated carbocycles. The molecule has 0 spiro atoms. The minimum absolute atomic E-state index is 0.189. The lowest BCUT2D eigenvalue weighted by Gasteiger charge is -2.13. The molecule has 2 aromatic rings. The van der Waals surface area contributed by atoms with Crippen LogP contribution in [0.15, 0.2) is 42.5 Å². The first-order chi connectivity index (χ1) is 8.58. The number of aliphatic hydroxyl groups excluding tert-OH is 1. The van der Waals surface area contributed by atoms with Crippen LogP contribution in [0.5, 0.6) is 0 Å². The third kappa shape index (κ3) is 2.77. The molecule has 0 amide bonds. The van der Waals surface area contributed by atoms with Crippen LogP contribution < -0.4 is 0 Å². The lowest BCUT2D eigenvalue weighted by molar-refractivity contribution is 0.178. The molecule has 1 N–H and O–H groups in total. The number of aliphatic hydroxyl groups is 1. The summed E-state index contributed by atoms with van der Waals surface area (Å²) in [7, 11) is 0.